The highest BCUT2D eigenvalue weighted by molar-refractivity contribution is 5.76. The molecule has 0 amide bonds. The number of hydrogen-bond acceptors (Lipinski definition) is 3. The van der Waals surface area contributed by atoms with E-state index >= 15 is 0 Å². The van der Waals surface area contributed by atoms with E-state index in [9.17, 15) is 5.11 Å². The fourth-order valence-corrected chi connectivity index (χ4v) is 5.60. The van der Waals surface area contributed by atoms with Crippen LogP contribution in [0.4, 0.5) is 5.69 Å². The van der Waals surface area contributed by atoms with E-state index in [1.807, 2.05) is 25.1 Å². The molecule has 5 atom stereocenters. The van der Waals surface area contributed by atoms with Gasteiger partial charge < -0.3 is 14.7 Å². The van der Waals surface area contributed by atoms with Gasteiger partial charge in [-0.3, -0.25) is 0 Å². The van der Waals surface area contributed by atoms with Crippen molar-refractivity contribution in [2.45, 2.75) is 58.1 Å². The summed E-state index contributed by atoms with van der Waals surface area (Å²) in [4.78, 5) is 2.41. The Kier molecular flexibility index (Phi) is 5.40. The molecule has 3 aromatic rings. The van der Waals surface area contributed by atoms with Crippen LogP contribution in [0.25, 0.3) is 6.08 Å². The number of nitrogens with zero attached hydrogens (tertiary/aromatic N) is 1. The zero-order valence-corrected chi connectivity index (χ0v) is 19.2. The first-order valence-electron chi connectivity index (χ1n) is 11.5. The number of hydrogen-bond donors (Lipinski definition) is 1. The van der Waals surface area contributed by atoms with Gasteiger partial charge in [-0.2, -0.15) is 0 Å². The van der Waals surface area contributed by atoms with Crippen LogP contribution in [0, 0.1) is 13.8 Å². The van der Waals surface area contributed by atoms with Crippen LogP contribution in [0.3, 0.4) is 0 Å². The first-order valence-corrected chi connectivity index (χ1v) is 11.5. The van der Waals surface area contributed by atoms with E-state index in [1.165, 1.54) is 33.5 Å². The lowest BCUT2D eigenvalue weighted by Crippen LogP contribution is -2.35. The Morgan fingerprint density at radius 2 is 1.66 bits per heavy atom. The van der Waals surface area contributed by atoms with E-state index in [0.717, 1.165) is 5.56 Å². The third-order valence-corrected chi connectivity index (χ3v) is 6.91. The molecule has 2 aliphatic rings. The number of benzene rings is 3. The van der Waals surface area contributed by atoms with Gasteiger partial charge in [0, 0.05) is 17.2 Å². The molecule has 0 radical (unpaired) electrons. The third-order valence-electron chi connectivity index (χ3n) is 6.91. The highest BCUT2D eigenvalue weighted by atomic mass is 16.5. The molecule has 164 valence electrons. The smallest absolute Gasteiger partial charge is 0.158 e. The number of aliphatic hydroxyl groups excluding tert-OH is 1. The van der Waals surface area contributed by atoms with Gasteiger partial charge in [-0.15, -0.1) is 0 Å². The molecule has 0 saturated carbocycles. The van der Waals surface area contributed by atoms with Crippen LogP contribution in [0.2, 0.25) is 0 Å². The number of aryl methyl sites for hydroxylation is 2. The molecule has 0 aliphatic carbocycles. The summed E-state index contributed by atoms with van der Waals surface area (Å²) >= 11 is 0. The molecule has 3 aromatic carbocycles. The molecule has 0 aromatic heterocycles. The molecule has 3 heteroatoms. The molecule has 5 rings (SSSR count). The fraction of sp³-hybridized carbons (Fsp3) is 0.310. The number of aliphatic hydroxyl groups is 1. The predicted octanol–water partition coefficient (Wildman–Crippen LogP) is 6.46. The monoisotopic (exact) mass is 425 g/mol. The Balaban J connectivity index is 1.58. The SMILES string of the molecule is Cc1cc(C)c2c(c1)C1C=Cc3ccccc3N1[C@@H]2OC(C)C(c1ccccc1)C(C)O. The Bertz CT molecular complexity index is 1150. The van der Waals surface area contributed by atoms with Gasteiger partial charge in [0.1, 0.15) is 0 Å². The average molecular weight is 426 g/mol. The Labute approximate surface area is 191 Å². The average Bonchev–Trinajstić information content (AvgIpc) is 3.08. The quantitative estimate of drug-likeness (QED) is 0.509. The lowest BCUT2D eigenvalue weighted by molar-refractivity contribution is -0.0391. The largest absolute Gasteiger partial charge is 0.393 e. The predicted molar refractivity (Wildman–Crippen MR) is 131 cm³/mol. The molecule has 0 fully saturated rings. The van der Waals surface area contributed by atoms with Crippen LogP contribution in [-0.4, -0.2) is 17.3 Å². The van der Waals surface area contributed by atoms with Gasteiger partial charge in [0.05, 0.1) is 18.2 Å². The van der Waals surface area contributed by atoms with Crippen molar-refractivity contribution in [3.8, 4) is 0 Å². The second kappa shape index (κ2) is 8.23. The van der Waals surface area contributed by atoms with Crippen LogP contribution in [0.5, 0.6) is 0 Å². The Hall–Kier alpha value is -2.88. The number of para-hydroxylation sites is 1. The van der Waals surface area contributed by atoms with Crippen LogP contribution in [0.15, 0.2) is 72.8 Å². The first kappa shape index (κ1) is 21.0. The number of fused-ring (bicyclic) bond motifs is 5. The van der Waals surface area contributed by atoms with Crippen molar-refractivity contribution in [2.75, 3.05) is 4.90 Å². The van der Waals surface area contributed by atoms with Gasteiger partial charge in [-0.25, -0.2) is 0 Å². The molecule has 4 unspecified atom stereocenters. The van der Waals surface area contributed by atoms with E-state index in [1.54, 1.807) is 0 Å². The van der Waals surface area contributed by atoms with Crippen molar-refractivity contribution in [1.29, 1.82) is 0 Å². The maximum absolute atomic E-state index is 10.7. The summed E-state index contributed by atoms with van der Waals surface area (Å²) in [5, 5.41) is 10.7. The van der Waals surface area contributed by atoms with Crippen molar-refractivity contribution >= 4 is 11.8 Å². The molecule has 1 N–H and O–H groups in total. The number of ether oxygens (including phenoxy) is 1. The van der Waals surface area contributed by atoms with Gasteiger partial charge in [-0.1, -0.05) is 78.4 Å². The minimum absolute atomic E-state index is 0.111. The molecule has 2 aliphatic heterocycles. The van der Waals surface area contributed by atoms with E-state index in [-0.39, 0.29) is 24.3 Å². The van der Waals surface area contributed by atoms with E-state index in [2.05, 4.69) is 86.4 Å². The second-order valence-corrected chi connectivity index (χ2v) is 9.23. The number of rotatable bonds is 5. The molecule has 3 nitrogen and oxygen atoms in total. The minimum atomic E-state index is -0.517. The molecule has 0 spiro atoms. The van der Waals surface area contributed by atoms with Crippen LogP contribution >= 0.6 is 0 Å². The van der Waals surface area contributed by atoms with Gasteiger partial charge in [0.15, 0.2) is 6.23 Å². The standard InChI is InChI=1S/C29H31NO2/c1-18-16-19(2)27-24(17-18)26-15-14-22-10-8-9-13-25(22)30(26)29(27)32-21(4)28(20(3)31)23-11-6-5-7-12-23/h5-17,20-21,26,28-29,31H,1-4H3/t20?,21?,26?,28?,29-/m1/s1. The topological polar surface area (TPSA) is 32.7 Å². The third kappa shape index (κ3) is 3.46. The van der Waals surface area contributed by atoms with E-state index < -0.39 is 6.10 Å². The van der Waals surface area contributed by atoms with Crippen molar-refractivity contribution in [3.63, 3.8) is 0 Å². The normalized spacial score (nSPS) is 21.5. The molecular formula is C29H31NO2. The van der Waals surface area contributed by atoms with Gasteiger partial charge >= 0.3 is 0 Å². The summed E-state index contributed by atoms with van der Waals surface area (Å²) in [5.41, 5.74) is 8.61. The maximum atomic E-state index is 10.7. The van der Waals surface area contributed by atoms with Crippen LogP contribution in [0.1, 0.15) is 65.4 Å². The molecule has 0 saturated heterocycles. The van der Waals surface area contributed by atoms with Crippen molar-refractivity contribution in [3.05, 3.63) is 106 Å². The maximum Gasteiger partial charge on any atom is 0.158 e. The highest BCUT2D eigenvalue weighted by Gasteiger charge is 2.43. The fourth-order valence-electron chi connectivity index (χ4n) is 5.60. The summed E-state index contributed by atoms with van der Waals surface area (Å²) in [7, 11) is 0. The molecule has 0 bridgehead atoms. The summed E-state index contributed by atoms with van der Waals surface area (Å²) in [6.45, 7) is 8.29. The lowest BCUT2D eigenvalue weighted by Gasteiger charge is -2.38. The second-order valence-electron chi connectivity index (χ2n) is 9.23. The summed E-state index contributed by atoms with van der Waals surface area (Å²) in [5.74, 6) is -0.111. The molecule has 32 heavy (non-hydrogen) atoms. The lowest BCUT2D eigenvalue weighted by atomic mass is 9.89. The zero-order chi connectivity index (χ0) is 22.4. The summed E-state index contributed by atoms with van der Waals surface area (Å²) in [6.07, 6.45) is 3.62. The van der Waals surface area contributed by atoms with Crippen LogP contribution in [-0.2, 0) is 4.74 Å². The highest BCUT2D eigenvalue weighted by Crippen LogP contribution is 2.52. The summed E-state index contributed by atoms with van der Waals surface area (Å²) in [6, 6.07) is 23.4. The Morgan fingerprint density at radius 1 is 0.938 bits per heavy atom. The zero-order valence-electron chi connectivity index (χ0n) is 19.2. The number of anilines is 1. The van der Waals surface area contributed by atoms with Gasteiger partial charge in [0.2, 0.25) is 0 Å². The van der Waals surface area contributed by atoms with Crippen molar-refractivity contribution in [1.82, 2.24) is 0 Å². The first-order chi connectivity index (χ1) is 15.5. The minimum Gasteiger partial charge on any atom is -0.393 e. The molecular weight excluding hydrogens is 394 g/mol. The van der Waals surface area contributed by atoms with Crippen molar-refractivity contribution in [2.24, 2.45) is 0 Å². The van der Waals surface area contributed by atoms with Gasteiger partial charge in [-0.05, 0) is 56.0 Å². The van der Waals surface area contributed by atoms with E-state index in [0.29, 0.717) is 0 Å². The van der Waals surface area contributed by atoms with Gasteiger partial charge in [0.25, 0.3) is 0 Å². The van der Waals surface area contributed by atoms with Crippen LogP contribution < -0.4 is 4.90 Å². The molecule has 2 heterocycles. The van der Waals surface area contributed by atoms with Crippen molar-refractivity contribution < 1.29 is 9.84 Å². The summed E-state index contributed by atoms with van der Waals surface area (Å²) < 4.78 is 6.89. The van der Waals surface area contributed by atoms with E-state index in [4.69, 9.17) is 4.74 Å². The Morgan fingerprint density at radius 3 is 2.41 bits per heavy atom.